The highest BCUT2D eigenvalue weighted by molar-refractivity contribution is 5.30. The molecule has 0 aromatic heterocycles. The first kappa shape index (κ1) is 14.3. The van der Waals surface area contributed by atoms with Crippen LogP contribution in [0.1, 0.15) is 17.2 Å². The van der Waals surface area contributed by atoms with Crippen LogP contribution in [0.5, 0.6) is 0 Å². The minimum atomic E-state index is -4.40. The molecule has 106 valence electrons. The van der Waals surface area contributed by atoms with Crippen LogP contribution in [0.15, 0.2) is 24.3 Å². The fourth-order valence-corrected chi connectivity index (χ4v) is 2.27. The van der Waals surface area contributed by atoms with Gasteiger partial charge in [0.15, 0.2) is 0 Å². The molecule has 1 aromatic rings. The number of nitrogens with one attached hydrogen (secondary N) is 1. The van der Waals surface area contributed by atoms with Gasteiger partial charge in [-0.25, -0.2) is 0 Å². The highest BCUT2D eigenvalue weighted by Crippen LogP contribution is 2.32. The highest BCUT2D eigenvalue weighted by Gasteiger charge is 2.38. The van der Waals surface area contributed by atoms with Crippen LogP contribution in [-0.2, 0) is 6.54 Å². The van der Waals surface area contributed by atoms with E-state index in [-0.39, 0.29) is 5.56 Å². The summed E-state index contributed by atoms with van der Waals surface area (Å²) >= 11 is 0. The van der Waals surface area contributed by atoms with E-state index in [1.165, 1.54) is 6.07 Å². The van der Waals surface area contributed by atoms with Crippen LogP contribution in [0.25, 0.3) is 0 Å². The van der Waals surface area contributed by atoms with Crippen LogP contribution in [0.4, 0.5) is 13.2 Å². The molecular formula is C13H18F3N3. The fourth-order valence-electron chi connectivity index (χ4n) is 2.27. The molecular weight excluding hydrogens is 255 g/mol. The Labute approximate surface area is 110 Å². The molecule has 19 heavy (non-hydrogen) atoms. The lowest BCUT2D eigenvalue weighted by atomic mass is 10.00. The second-order valence-electron chi connectivity index (χ2n) is 4.74. The lowest BCUT2D eigenvalue weighted by Gasteiger charge is -2.29. The van der Waals surface area contributed by atoms with Crippen molar-refractivity contribution in [2.24, 2.45) is 5.73 Å². The van der Waals surface area contributed by atoms with Crippen LogP contribution < -0.4 is 11.1 Å². The van der Waals surface area contributed by atoms with E-state index in [9.17, 15) is 13.2 Å². The average molecular weight is 273 g/mol. The van der Waals surface area contributed by atoms with Crippen LogP contribution >= 0.6 is 0 Å². The largest absolute Gasteiger partial charge is 0.407 e. The van der Waals surface area contributed by atoms with E-state index < -0.39 is 12.2 Å². The van der Waals surface area contributed by atoms with E-state index in [1.54, 1.807) is 18.2 Å². The standard InChI is InChI=1S/C13H18F3N3/c14-13(15,16)12(17)11-4-2-1-3-10(11)9-19-7-5-18-6-8-19/h1-4,12,18H,5-9,17H2/t12-/m0/s1. The van der Waals surface area contributed by atoms with Gasteiger partial charge in [-0.3, -0.25) is 4.90 Å². The van der Waals surface area contributed by atoms with Gasteiger partial charge < -0.3 is 11.1 Å². The molecule has 1 aromatic carbocycles. The Morgan fingerprint density at radius 2 is 1.84 bits per heavy atom. The molecule has 1 atom stereocenters. The van der Waals surface area contributed by atoms with E-state index in [2.05, 4.69) is 10.2 Å². The fraction of sp³-hybridized carbons (Fsp3) is 0.538. The number of benzene rings is 1. The highest BCUT2D eigenvalue weighted by atomic mass is 19.4. The molecule has 0 bridgehead atoms. The third-order valence-electron chi connectivity index (χ3n) is 3.35. The molecule has 0 amide bonds. The maximum Gasteiger partial charge on any atom is 0.407 e. The predicted octanol–water partition coefficient (Wildman–Crippen LogP) is 1.65. The number of piperazine rings is 1. The minimum Gasteiger partial charge on any atom is -0.316 e. The second-order valence-corrected chi connectivity index (χ2v) is 4.74. The summed E-state index contributed by atoms with van der Waals surface area (Å²) in [5.41, 5.74) is 6.16. The molecule has 1 fully saturated rings. The Kier molecular flexibility index (Phi) is 4.44. The predicted molar refractivity (Wildman–Crippen MR) is 67.6 cm³/mol. The number of hydrogen-bond donors (Lipinski definition) is 2. The van der Waals surface area contributed by atoms with E-state index in [0.29, 0.717) is 12.1 Å². The summed E-state index contributed by atoms with van der Waals surface area (Å²) in [7, 11) is 0. The summed E-state index contributed by atoms with van der Waals surface area (Å²) in [6.07, 6.45) is -4.40. The Bertz CT molecular complexity index is 414. The zero-order valence-electron chi connectivity index (χ0n) is 10.6. The first-order valence-electron chi connectivity index (χ1n) is 6.31. The third-order valence-corrected chi connectivity index (χ3v) is 3.35. The molecule has 0 unspecified atom stereocenters. The maximum atomic E-state index is 12.7. The van der Waals surface area contributed by atoms with Crippen molar-refractivity contribution in [3.63, 3.8) is 0 Å². The van der Waals surface area contributed by atoms with Crippen molar-refractivity contribution in [2.75, 3.05) is 26.2 Å². The van der Waals surface area contributed by atoms with Gasteiger partial charge >= 0.3 is 6.18 Å². The van der Waals surface area contributed by atoms with Crippen molar-refractivity contribution in [2.45, 2.75) is 18.8 Å². The molecule has 0 aliphatic carbocycles. The lowest BCUT2D eigenvalue weighted by Crippen LogP contribution is -2.43. The maximum absolute atomic E-state index is 12.7. The van der Waals surface area contributed by atoms with Crippen molar-refractivity contribution in [1.82, 2.24) is 10.2 Å². The van der Waals surface area contributed by atoms with E-state index >= 15 is 0 Å². The SMILES string of the molecule is N[C@@H](c1ccccc1CN1CCNCC1)C(F)(F)F. The summed E-state index contributed by atoms with van der Waals surface area (Å²) in [5, 5.41) is 3.22. The number of nitrogens with two attached hydrogens (primary N) is 1. The molecule has 3 nitrogen and oxygen atoms in total. The van der Waals surface area contributed by atoms with Gasteiger partial charge in [-0.2, -0.15) is 13.2 Å². The van der Waals surface area contributed by atoms with Gasteiger partial charge in [-0.1, -0.05) is 24.3 Å². The summed E-state index contributed by atoms with van der Waals surface area (Å²) < 4.78 is 38.2. The van der Waals surface area contributed by atoms with Gasteiger partial charge in [0, 0.05) is 32.7 Å². The lowest BCUT2D eigenvalue weighted by molar-refractivity contribution is -0.149. The number of rotatable bonds is 3. The van der Waals surface area contributed by atoms with Gasteiger partial charge in [0.1, 0.15) is 6.04 Å². The first-order chi connectivity index (χ1) is 8.98. The molecule has 0 saturated carbocycles. The van der Waals surface area contributed by atoms with Crippen LogP contribution in [0.2, 0.25) is 0 Å². The third kappa shape index (κ3) is 3.68. The molecule has 3 N–H and O–H groups in total. The van der Waals surface area contributed by atoms with Crippen LogP contribution in [0, 0.1) is 0 Å². The molecule has 0 spiro atoms. The molecule has 2 rings (SSSR count). The quantitative estimate of drug-likeness (QED) is 0.880. The van der Waals surface area contributed by atoms with E-state index in [0.717, 1.165) is 26.2 Å². The van der Waals surface area contributed by atoms with Crippen molar-refractivity contribution in [3.05, 3.63) is 35.4 Å². The first-order valence-corrected chi connectivity index (χ1v) is 6.31. The van der Waals surface area contributed by atoms with Crippen molar-refractivity contribution in [3.8, 4) is 0 Å². The van der Waals surface area contributed by atoms with Gasteiger partial charge in [0.25, 0.3) is 0 Å². The Morgan fingerprint density at radius 1 is 1.21 bits per heavy atom. The Morgan fingerprint density at radius 3 is 2.47 bits per heavy atom. The van der Waals surface area contributed by atoms with Gasteiger partial charge in [-0.15, -0.1) is 0 Å². The Balaban J connectivity index is 2.16. The minimum absolute atomic E-state index is 0.175. The zero-order valence-corrected chi connectivity index (χ0v) is 10.6. The molecule has 6 heteroatoms. The summed E-state index contributed by atoms with van der Waals surface area (Å²) in [5.74, 6) is 0. The molecule has 1 saturated heterocycles. The number of nitrogens with zero attached hydrogens (tertiary/aromatic N) is 1. The number of hydrogen-bond acceptors (Lipinski definition) is 3. The molecule has 1 aliphatic heterocycles. The summed E-state index contributed by atoms with van der Waals surface area (Å²) in [4.78, 5) is 2.14. The van der Waals surface area contributed by atoms with Crippen molar-refractivity contribution >= 4 is 0 Å². The van der Waals surface area contributed by atoms with E-state index in [1.807, 2.05) is 0 Å². The molecule has 0 radical (unpaired) electrons. The smallest absolute Gasteiger partial charge is 0.316 e. The topological polar surface area (TPSA) is 41.3 Å². The molecule has 1 heterocycles. The second kappa shape index (κ2) is 5.90. The normalized spacial score (nSPS) is 19.4. The summed E-state index contributed by atoms with van der Waals surface area (Å²) in [6.45, 7) is 3.94. The summed E-state index contributed by atoms with van der Waals surface area (Å²) in [6, 6.07) is 4.64. The number of halogens is 3. The van der Waals surface area contributed by atoms with Crippen molar-refractivity contribution < 1.29 is 13.2 Å². The Hall–Kier alpha value is -1.11. The van der Waals surface area contributed by atoms with E-state index in [4.69, 9.17) is 5.73 Å². The van der Waals surface area contributed by atoms with Crippen LogP contribution in [0.3, 0.4) is 0 Å². The average Bonchev–Trinajstić information content (AvgIpc) is 2.39. The van der Waals surface area contributed by atoms with Crippen LogP contribution in [-0.4, -0.2) is 37.3 Å². The monoisotopic (exact) mass is 273 g/mol. The van der Waals surface area contributed by atoms with Gasteiger partial charge in [0.2, 0.25) is 0 Å². The molecule has 1 aliphatic rings. The number of alkyl halides is 3. The van der Waals surface area contributed by atoms with Gasteiger partial charge in [0.05, 0.1) is 0 Å². The van der Waals surface area contributed by atoms with Gasteiger partial charge in [-0.05, 0) is 11.1 Å². The van der Waals surface area contributed by atoms with Crippen molar-refractivity contribution in [1.29, 1.82) is 0 Å². The zero-order chi connectivity index (χ0) is 13.9.